The summed E-state index contributed by atoms with van der Waals surface area (Å²) < 4.78 is 24.5. The van der Waals surface area contributed by atoms with Crippen LogP contribution in [0.3, 0.4) is 0 Å². The van der Waals surface area contributed by atoms with Crippen molar-refractivity contribution in [3.63, 3.8) is 0 Å². The number of nitrogens with one attached hydrogen (secondary N) is 1. The molecule has 0 atom stereocenters. The minimum Gasteiger partial charge on any atom is -0.326 e. The molecule has 0 aromatic carbocycles. The number of aromatic nitrogens is 1. The second-order valence-corrected chi connectivity index (χ2v) is 2.55. The molecule has 0 unspecified atom stereocenters. The smallest absolute Gasteiger partial charge is 0.264 e. The van der Waals surface area contributed by atoms with Crippen molar-refractivity contribution in [1.29, 1.82) is 0 Å². The molecule has 0 radical (unpaired) electrons. The van der Waals surface area contributed by atoms with E-state index >= 15 is 0 Å². The first kappa shape index (κ1) is 9.57. The van der Waals surface area contributed by atoms with Gasteiger partial charge in [-0.25, -0.2) is 8.78 Å². The van der Waals surface area contributed by atoms with Crippen molar-refractivity contribution in [3.8, 4) is 0 Å². The van der Waals surface area contributed by atoms with Crippen LogP contribution in [0.15, 0.2) is 10.9 Å². The van der Waals surface area contributed by atoms with Crippen molar-refractivity contribution in [3.05, 3.63) is 33.2 Å². The van der Waals surface area contributed by atoms with E-state index in [0.29, 0.717) is 6.29 Å². The molecule has 70 valence electrons. The Morgan fingerprint density at radius 1 is 1.54 bits per heavy atom. The Balaban J connectivity index is 3.47. The molecule has 3 nitrogen and oxygen atoms in total. The highest BCUT2D eigenvalue weighted by atomic mass is 19.3. The van der Waals surface area contributed by atoms with Crippen LogP contribution in [0.25, 0.3) is 0 Å². The summed E-state index contributed by atoms with van der Waals surface area (Å²) in [6.07, 6.45) is -2.49. The zero-order valence-corrected chi connectivity index (χ0v) is 6.80. The molecule has 0 aliphatic heterocycles. The second kappa shape index (κ2) is 3.47. The first-order valence-corrected chi connectivity index (χ1v) is 3.53. The topological polar surface area (TPSA) is 49.9 Å². The lowest BCUT2D eigenvalue weighted by Crippen LogP contribution is -2.12. The molecule has 0 spiro atoms. The molecule has 1 aromatic rings. The summed E-state index contributed by atoms with van der Waals surface area (Å²) in [5, 5.41) is 0. The number of rotatable bonds is 2. The Hall–Kier alpha value is -1.52. The molecule has 1 heterocycles. The number of aldehydes is 1. The summed E-state index contributed by atoms with van der Waals surface area (Å²) in [6, 6.07) is 0.737. The van der Waals surface area contributed by atoms with Crippen LogP contribution >= 0.6 is 0 Å². The molecule has 0 aliphatic rings. The van der Waals surface area contributed by atoms with Crippen molar-refractivity contribution < 1.29 is 13.6 Å². The average Bonchev–Trinajstić information content (AvgIpc) is 2.02. The molecular formula is C8H7F2NO2. The molecule has 5 heteroatoms. The third-order valence-corrected chi connectivity index (χ3v) is 1.67. The SMILES string of the molecule is Cc1[nH]c(=O)cc(C(F)F)c1C=O. The van der Waals surface area contributed by atoms with E-state index in [2.05, 4.69) is 4.98 Å². The third kappa shape index (κ3) is 1.80. The van der Waals surface area contributed by atoms with Gasteiger partial charge in [0.15, 0.2) is 6.29 Å². The molecule has 1 rings (SSSR count). The fraction of sp³-hybridized carbons (Fsp3) is 0.250. The summed E-state index contributed by atoms with van der Waals surface area (Å²) in [6.45, 7) is 1.40. The lowest BCUT2D eigenvalue weighted by molar-refractivity contribution is 0.110. The Bertz CT molecular complexity index is 384. The van der Waals surface area contributed by atoms with Gasteiger partial charge in [-0.05, 0) is 6.92 Å². The van der Waals surface area contributed by atoms with Gasteiger partial charge in [-0.2, -0.15) is 0 Å². The van der Waals surface area contributed by atoms with Gasteiger partial charge in [0.05, 0.1) is 0 Å². The van der Waals surface area contributed by atoms with Crippen molar-refractivity contribution in [2.24, 2.45) is 0 Å². The van der Waals surface area contributed by atoms with Gasteiger partial charge in [-0.3, -0.25) is 9.59 Å². The standard InChI is InChI=1S/C8H7F2NO2/c1-4-6(3-12)5(8(9)10)2-7(13)11-4/h2-3,8H,1H3,(H,11,13). The molecule has 1 N–H and O–H groups in total. The lowest BCUT2D eigenvalue weighted by atomic mass is 10.1. The van der Waals surface area contributed by atoms with Crippen LogP contribution in [0.4, 0.5) is 8.78 Å². The zero-order chi connectivity index (χ0) is 10.0. The quantitative estimate of drug-likeness (QED) is 0.712. The number of hydrogen-bond donors (Lipinski definition) is 1. The fourth-order valence-corrected chi connectivity index (χ4v) is 1.06. The van der Waals surface area contributed by atoms with E-state index in [4.69, 9.17) is 0 Å². The maximum absolute atomic E-state index is 12.3. The minimum atomic E-state index is -2.80. The summed E-state index contributed by atoms with van der Waals surface area (Å²) in [4.78, 5) is 23.5. The number of H-pyrrole nitrogens is 1. The molecule has 0 aliphatic carbocycles. The summed E-state index contributed by atoms with van der Waals surface area (Å²) in [5.74, 6) is 0. The van der Waals surface area contributed by atoms with E-state index in [1.807, 2.05) is 0 Å². The monoisotopic (exact) mass is 187 g/mol. The van der Waals surface area contributed by atoms with Crippen LogP contribution in [0.5, 0.6) is 0 Å². The van der Waals surface area contributed by atoms with Crippen LogP contribution in [0, 0.1) is 6.92 Å². The number of carbonyl (C=O) groups is 1. The van der Waals surface area contributed by atoms with E-state index in [1.54, 1.807) is 0 Å². The normalized spacial score (nSPS) is 10.5. The summed E-state index contributed by atoms with van der Waals surface area (Å²) in [7, 11) is 0. The fourth-order valence-electron chi connectivity index (χ4n) is 1.06. The Morgan fingerprint density at radius 3 is 2.62 bits per heavy atom. The van der Waals surface area contributed by atoms with Crippen LogP contribution < -0.4 is 5.56 Å². The Labute approximate surface area is 72.4 Å². The third-order valence-electron chi connectivity index (χ3n) is 1.67. The van der Waals surface area contributed by atoms with E-state index in [1.165, 1.54) is 6.92 Å². The second-order valence-electron chi connectivity index (χ2n) is 2.55. The van der Waals surface area contributed by atoms with Crippen LogP contribution in [-0.2, 0) is 0 Å². The van der Waals surface area contributed by atoms with Crippen molar-refractivity contribution in [1.82, 2.24) is 4.98 Å². The highest BCUT2D eigenvalue weighted by molar-refractivity contribution is 5.78. The highest BCUT2D eigenvalue weighted by Crippen LogP contribution is 2.21. The van der Waals surface area contributed by atoms with Crippen LogP contribution in [-0.4, -0.2) is 11.3 Å². The van der Waals surface area contributed by atoms with Crippen LogP contribution in [0.2, 0.25) is 0 Å². The highest BCUT2D eigenvalue weighted by Gasteiger charge is 2.15. The predicted molar refractivity (Wildman–Crippen MR) is 42.1 cm³/mol. The van der Waals surface area contributed by atoms with Gasteiger partial charge in [0, 0.05) is 22.9 Å². The molecular weight excluding hydrogens is 180 g/mol. The zero-order valence-electron chi connectivity index (χ0n) is 6.80. The Kier molecular flexibility index (Phi) is 2.55. The van der Waals surface area contributed by atoms with Gasteiger partial charge >= 0.3 is 0 Å². The number of halogens is 2. The van der Waals surface area contributed by atoms with Crippen molar-refractivity contribution in [2.75, 3.05) is 0 Å². The average molecular weight is 187 g/mol. The number of aryl methyl sites for hydroxylation is 1. The number of carbonyl (C=O) groups excluding carboxylic acids is 1. The van der Waals surface area contributed by atoms with Gasteiger partial charge in [0.2, 0.25) is 5.56 Å². The van der Waals surface area contributed by atoms with E-state index in [0.717, 1.165) is 6.07 Å². The molecule has 0 saturated carbocycles. The van der Waals surface area contributed by atoms with Gasteiger partial charge in [-0.1, -0.05) is 0 Å². The molecule has 0 bridgehead atoms. The molecule has 0 fully saturated rings. The van der Waals surface area contributed by atoms with Crippen molar-refractivity contribution >= 4 is 6.29 Å². The minimum absolute atomic E-state index is 0.144. The largest absolute Gasteiger partial charge is 0.326 e. The van der Waals surface area contributed by atoms with E-state index < -0.39 is 17.5 Å². The number of hydrogen-bond acceptors (Lipinski definition) is 2. The van der Waals surface area contributed by atoms with E-state index in [9.17, 15) is 18.4 Å². The van der Waals surface area contributed by atoms with E-state index in [-0.39, 0.29) is 11.3 Å². The molecule has 0 amide bonds. The maximum Gasteiger partial charge on any atom is 0.264 e. The van der Waals surface area contributed by atoms with Crippen molar-refractivity contribution in [2.45, 2.75) is 13.3 Å². The van der Waals surface area contributed by atoms with Gasteiger partial charge in [0.25, 0.3) is 6.43 Å². The predicted octanol–water partition coefficient (Wildman–Crippen LogP) is 1.43. The summed E-state index contributed by atoms with van der Waals surface area (Å²) >= 11 is 0. The van der Waals surface area contributed by atoms with Gasteiger partial charge < -0.3 is 4.98 Å². The number of aromatic amines is 1. The number of alkyl halides is 2. The first-order chi connectivity index (χ1) is 6.06. The lowest BCUT2D eigenvalue weighted by Gasteiger charge is -2.04. The molecule has 1 aromatic heterocycles. The maximum atomic E-state index is 12.3. The Morgan fingerprint density at radius 2 is 2.15 bits per heavy atom. The molecule has 13 heavy (non-hydrogen) atoms. The number of pyridine rings is 1. The summed E-state index contributed by atoms with van der Waals surface area (Å²) in [5.41, 5.74) is -1.12. The van der Waals surface area contributed by atoms with Crippen LogP contribution in [0.1, 0.15) is 28.0 Å². The van der Waals surface area contributed by atoms with Gasteiger partial charge in [0.1, 0.15) is 0 Å². The van der Waals surface area contributed by atoms with Gasteiger partial charge in [-0.15, -0.1) is 0 Å². The first-order valence-electron chi connectivity index (χ1n) is 3.53. The molecule has 0 saturated heterocycles.